The standard InChI is InChI=1S/C50H48Cl2FN9O6/c51-29-13-16-35-38(23-29)58-48(68)50(35)41(33-8-4-9-36(52)42(33)53)43(60-49(50)19-2-1-3-20-49)46(66)57-30-14-11-28(12-15-30)44(64)54-21-6-22-61-25-31(56-27-61)24-55-37-10-5-7-32-34(37)26-62(47(32)67)39-17-18-40(63)59-45(39)65/h4-5,7-16,23,25,27,39,41,43,55,60H,1-3,6,17-22,24,26H2,(H,54,64)(H,57,66)(H,58,68)(H,59,63,65)/t39?,41-,43+,50+/m0/s1. The molecule has 5 heterocycles. The fourth-order valence-corrected chi connectivity index (χ4v) is 11.6. The number of amides is 6. The number of carbonyl (C=O) groups excluding carboxylic acids is 6. The molecule has 4 aliphatic heterocycles. The quantitative estimate of drug-likeness (QED) is 0.0576. The van der Waals surface area contributed by atoms with Crippen molar-refractivity contribution in [1.29, 1.82) is 0 Å². The number of carbonyl (C=O) groups is 6. The highest BCUT2D eigenvalue weighted by Crippen LogP contribution is 2.63. The molecule has 1 aliphatic carbocycles. The van der Waals surface area contributed by atoms with E-state index >= 15 is 4.39 Å². The van der Waals surface area contributed by atoms with Gasteiger partial charge in [-0.1, -0.05) is 66.7 Å². The Balaban J connectivity index is 0.758. The fourth-order valence-electron chi connectivity index (χ4n) is 11.3. The van der Waals surface area contributed by atoms with Crippen LogP contribution in [0.15, 0.2) is 91.4 Å². The Bertz CT molecular complexity index is 2890. The molecule has 2 saturated heterocycles. The lowest BCUT2D eigenvalue weighted by Crippen LogP contribution is -2.60. The molecule has 5 aromatic rings. The maximum Gasteiger partial charge on any atom is 0.255 e. The first-order valence-corrected chi connectivity index (χ1v) is 23.7. The monoisotopic (exact) mass is 959 g/mol. The number of nitrogens with zero attached hydrogens (tertiary/aromatic N) is 3. The third-order valence-electron chi connectivity index (χ3n) is 14.3. The summed E-state index contributed by atoms with van der Waals surface area (Å²) < 4.78 is 18.2. The third kappa shape index (κ3) is 7.87. The van der Waals surface area contributed by atoms with E-state index in [1.807, 2.05) is 22.9 Å². The summed E-state index contributed by atoms with van der Waals surface area (Å²) in [6, 6.07) is 20.1. The van der Waals surface area contributed by atoms with Crippen LogP contribution in [0.4, 0.5) is 21.5 Å². The van der Waals surface area contributed by atoms with Gasteiger partial charge >= 0.3 is 0 Å². The van der Waals surface area contributed by atoms with Gasteiger partial charge in [0.1, 0.15) is 17.3 Å². The summed E-state index contributed by atoms with van der Waals surface area (Å²) in [4.78, 5) is 85.8. The van der Waals surface area contributed by atoms with Crippen molar-refractivity contribution >= 4 is 75.7 Å². The molecule has 6 amide bonds. The number of fused-ring (bicyclic) bond motifs is 4. The molecule has 1 aromatic heterocycles. The van der Waals surface area contributed by atoms with Gasteiger partial charge in [0.15, 0.2) is 0 Å². The first kappa shape index (κ1) is 45.2. The molecule has 1 saturated carbocycles. The molecule has 18 heteroatoms. The lowest BCUT2D eigenvalue weighted by atomic mass is 9.55. The number of piperidine rings is 1. The van der Waals surface area contributed by atoms with Crippen LogP contribution in [0.25, 0.3) is 0 Å². The van der Waals surface area contributed by atoms with Crippen molar-refractivity contribution in [2.75, 3.05) is 22.5 Å². The molecule has 10 rings (SSSR count). The Morgan fingerprint density at radius 2 is 1.72 bits per heavy atom. The van der Waals surface area contributed by atoms with Gasteiger partial charge in [0.2, 0.25) is 23.6 Å². The van der Waals surface area contributed by atoms with Crippen LogP contribution in [0, 0.1) is 5.82 Å². The molecule has 15 nitrogen and oxygen atoms in total. The molecular formula is C50H48Cl2FN9O6. The maximum absolute atomic E-state index is 16.3. The Kier molecular flexibility index (Phi) is 12.0. The number of anilines is 3. The number of halogens is 3. The SMILES string of the molecule is O=C1CCC(N2Cc3c(NCc4cn(CCCNC(=O)c5ccc(NC(=O)[C@@H]6NC7(CCCCC7)[C@@]7(C(=O)Nc8cc(Cl)ccc87)[C@H]6c6cccc(Cl)c6F)cc5)cn4)cccc3C2=O)C(=O)N1. The van der Waals surface area contributed by atoms with Crippen LogP contribution in [0.3, 0.4) is 0 Å². The zero-order valence-electron chi connectivity index (χ0n) is 36.8. The maximum atomic E-state index is 16.3. The Morgan fingerprint density at radius 3 is 2.51 bits per heavy atom. The van der Waals surface area contributed by atoms with E-state index in [4.69, 9.17) is 23.2 Å². The van der Waals surface area contributed by atoms with Crippen molar-refractivity contribution < 1.29 is 33.2 Å². The van der Waals surface area contributed by atoms with Crippen LogP contribution in [-0.2, 0) is 44.2 Å². The number of imidazole rings is 1. The van der Waals surface area contributed by atoms with Crippen molar-refractivity contribution in [3.05, 3.63) is 141 Å². The number of aryl methyl sites for hydroxylation is 1. The average Bonchev–Trinajstić information content (AvgIpc) is 4.08. The second kappa shape index (κ2) is 18.1. The van der Waals surface area contributed by atoms with Gasteiger partial charge in [0, 0.05) is 82.5 Å². The topological polar surface area (TPSA) is 196 Å². The average molecular weight is 961 g/mol. The highest BCUT2D eigenvalue weighted by atomic mass is 35.5. The Hall–Kier alpha value is -6.62. The number of hydrogen-bond acceptors (Lipinski definition) is 9. The van der Waals surface area contributed by atoms with Crippen molar-refractivity contribution in [1.82, 2.24) is 30.4 Å². The van der Waals surface area contributed by atoms with E-state index in [0.29, 0.717) is 78.4 Å². The van der Waals surface area contributed by atoms with Gasteiger partial charge in [-0.25, -0.2) is 9.37 Å². The largest absolute Gasteiger partial charge is 0.379 e. The Morgan fingerprint density at radius 1 is 0.926 bits per heavy atom. The highest BCUT2D eigenvalue weighted by Gasteiger charge is 2.72. The Labute approximate surface area is 400 Å². The number of benzene rings is 4. The number of rotatable bonds is 12. The number of aromatic nitrogens is 2. The van der Waals surface area contributed by atoms with Gasteiger partial charge in [-0.3, -0.25) is 39.4 Å². The van der Waals surface area contributed by atoms with E-state index in [0.717, 1.165) is 36.2 Å². The van der Waals surface area contributed by atoms with E-state index in [2.05, 4.69) is 36.9 Å². The normalized spacial score (nSPS) is 22.5. The van der Waals surface area contributed by atoms with Gasteiger partial charge in [0.05, 0.1) is 29.6 Å². The van der Waals surface area contributed by atoms with Crippen LogP contribution in [-0.4, -0.2) is 74.1 Å². The first-order chi connectivity index (χ1) is 32.9. The smallest absolute Gasteiger partial charge is 0.255 e. The predicted octanol–water partition coefficient (Wildman–Crippen LogP) is 6.81. The van der Waals surface area contributed by atoms with E-state index in [-0.39, 0.29) is 47.2 Å². The summed E-state index contributed by atoms with van der Waals surface area (Å²) >= 11 is 12.8. The lowest BCUT2D eigenvalue weighted by Gasteiger charge is -2.47. The van der Waals surface area contributed by atoms with Gasteiger partial charge in [0.25, 0.3) is 11.8 Å². The van der Waals surface area contributed by atoms with Crippen LogP contribution >= 0.6 is 23.2 Å². The molecule has 68 heavy (non-hydrogen) atoms. The summed E-state index contributed by atoms with van der Waals surface area (Å²) in [7, 11) is 0. The molecule has 0 bridgehead atoms. The lowest BCUT2D eigenvalue weighted by molar-refractivity contribution is -0.137. The van der Waals surface area contributed by atoms with Crippen molar-refractivity contribution in [2.45, 2.75) is 100.0 Å². The number of imide groups is 1. The van der Waals surface area contributed by atoms with Gasteiger partial charge < -0.3 is 30.7 Å². The third-order valence-corrected chi connectivity index (χ3v) is 14.9. The van der Waals surface area contributed by atoms with Gasteiger partial charge in [-0.2, -0.15) is 0 Å². The van der Waals surface area contributed by atoms with Crippen LogP contribution in [0.5, 0.6) is 0 Å². The van der Waals surface area contributed by atoms with E-state index in [9.17, 15) is 28.8 Å². The fraction of sp³-hybridized carbons (Fsp3) is 0.340. The minimum atomic E-state index is -1.36. The van der Waals surface area contributed by atoms with E-state index in [1.165, 1.54) is 11.0 Å². The summed E-state index contributed by atoms with van der Waals surface area (Å²) in [6.45, 7) is 1.63. The number of nitrogens with one attached hydrogen (secondary N) is 6. The summed E-state index contributed by atoms with van der Waals surface area (Å²) in [5.41, 5.74) is 2.78. The second-order valence-electron chi connectivity index (χ2n) is 18.2. The zero-order valence-corrected chi connectivity index (χ0v) is 38.3. The minimum absolute atomic E-state index is 0.110. The van der Waals surface area contributed by atoms with Crippen LogP contribution in [0.2, 0.25) is 10.0 Å². The molecule has 1 unspecified atom stereocenters. The molecule has 4 atom stereocenters. The van der Waals surface area contributed by atoms with Crippen molar-refractivity contribution in [3.8, 4) is 0 Å². The summed E-state index contributed by atoms with van der Waals surface area (Å²) in [6.07, 6.45) is 8.51. The van der Waals surface area contributed by atoms with Gasteiger partial charge in [-0.05, 0) is 91.4 Å². The molecule has 350 valence electrons. The molecule has 0 radical (unpaired) electrons. The summed E-state index contributed by atoms with van der Waals surface area (Å²) in [5, 5.41) is 18.6. The zero-order chi connectivity index (χ0) is 47.3. The second-order valence-corrected chi connectivity index (χ2v) is 19.0. The highest BCUT2D eigenvalue weighted by molar-refractivity contribution is 6.31. The predicted molar refractivity (Wildman–Crippen MR) is 253 cm³/mol. The molecule has 6 N–H and O–H groups in total. The molecule has 3 fully saturated rings. The minimum Gasteiger partial charge on any atom is -0.379 e. The van der Waals surface area contributed by atoms with Crippen molar-refractivity contribution in [3.63, 3.8) is 0 Å². The first-order valence-electron chi connectivity index (χ1n) is 22.9. The van der Waals surface area contributed by atoms with E-state index in [1.54, 1.807) is 67.0 Å². The summed E-state index contributed by atoms with van der Waals surface area (Å²) in [5.74, 6) is -3.76. The number of hydrogen-bond donors (Lipinski definition) is 6. The van der Waals surface area contributed by atoms with Crippen molar-refractivity contribution in [2.24, 2.45) is 0 Å². The molecule has 4 aromatic carbocycles. The van der Waals surface area contributed by atoms with Gasteiger partial charge in [-0.15, -0.1) is 0 Å². The van der Waals surface area contributed by atoms with Crippen LogP contribution < -0.4 is 31.9 Å². The molecular weight excluding hydrogens is 913 g/mol. The van der Waals surface area contributed by atoms with E-state index < -0.39 is 46.6 Å². The van der Waals surface area contributed by atoms with Crippen LogP contribution in [0.1, 0.15) is 100 Å². The molecule has 2 spiro atoms. The molecule has 5 aliphatic rings.